The van der Waals surface area contributed by atoms with Crippen LogP contribution < -0.4 is 5.32 Å². The Balaban J connectivity index is 2.48. The number of thioether (sulfide) groups is 1. The molecule has 0 aliphatic carbocycles. The summed E-state index contributed by atoms with van der Waals surface area (Å²) in [5.74, 6) is 0. The molecule has 0 bridgehead atoms. The van der Waals surface area contributed by atoms with Crippen molar-refractivity contribution in [3.63, 3.8) is 0 Å². The van der Waals surface area contributed by atoms with Gasteiger partial charge in [0.05, 0.1) is 0 Å². The Labute approximate surface area is 109 Å². The van der Waals surface area contributed by atoms with E-state index in [1.165, 1.54) is 5.56 Å². The maximum Gasteiger partial charge on any atom is 0.156 e. The lowest BCUT2D eigenvalue weighted by Gasteiger charge is -2.16. The summed E-state index contributed by atoms with van der Waals surface area (Å²) in [6.45, 7) is 8.29. The van der Waals surface area contributed by atoms with Crippen LogP contribution in [0.15, 0.2) is 35.3 Å². The molecular weight excluding hydrogens is 228 g/mol. The summed E-state index contributed by atoms with van der Waals surface area (Å²) in [7, 11) is 0. The molecule has 0 saturated heterocycles. The topological polar surface area (TPSA) is 24.4 Å². The number of nitrogens with zero attached hydrogens (tertiary/aromatic N) is 1. The van der Waals surface area contributed by atoms with Gasteiger partial charge >= 0.3 is 0 Å². The second-order valence-corrected chi connectivity index (χ2v) is 6.02. The number of rotatable bonds is 3. The Morgan fingerprint density at radius 3 is 2.41 bits per heavy atom. The van der Waals surface area contributed by atoms with Gasteiger partial charge in [-0.1, -0.05) is 62.9 Å². The molecule has 1 rings (SSSR count). The first-order valence-electron chi connectivity index (χ1n) is 5.87. The van der Waals surface area contributed by atoms with E-state index >= 15 is 0 Å². The van der Waals surface area contributed by atoms with E-state index in [0.29, 0.717) is 0 Å². The Morgan fingerprint density at radius 1 is 1.24 bits per heavy atom. The molecule has 94 valence electrons. The smallest absolute Gasteiger partial charge is 0.156 e. The van der Waals surface area contributed by atoms with E-state index in [9.17, 15) is 0 Å². The highest BCUT2D eigenvalue weighted by Crippen LogP contribution is 2.13. The standard InChI is InChI=1S/C14H22N2S/c1-14(2,3)11-16-13(17-4)15-10-12-8-6-5-7-9-12/h5-9H,10-11H2,1-4H3,(H,15,16). The lowest BCUT2D eigenvalue weighted by atomic mass is 9.98. The van der Waals surface area contributed by atoms with Crippen molar-refractivity contribution in [2.75, 3.05) is 12.8 Å². The number of benzene rings is 1. The van der Waals surface area contributed by atoms with E-state index in [1.54, 1.807) is 11.8 Å². The highest BCUT2D eigenvalue weighted by Gasteiger charge is 2.09. The zero-order valence-electron chi connectivity index (χ0n) is 11.2. The zero-order chi connectivity index (χ0) is 12.7. The van der Waals surface area contributed by atoms with Gasteiger partial charge in [-0.2, -0.15) is 0 Å². The number of nitrogens with one attached hydrogen (secondary N) is 1. The van der Waals surface area contributed by atoms with Crippen LogP contribution in [0, 0.1) is 5.41 Å². The van der Waals surface area contributed by atoms with Gasteiger partial charge in [0.25, 0.3) is 0 Å². The van der Waals surface area contributed by atoms with Crippen molar-refractivity contribution >= 4 is 16.9 Å². The lowest BCUT2D eigenvalue weighted by Crippen LogP contribution is -2.22. The molecule has 0 atom stereocenters. The monoisotopic (exact) mass is 250 g/mol. The van der Waals surface area contributed by atoms with Crippen molar-refractivity contribution in [3.05, 3.63) is 35.9 Å². The molecule has 0 fully saturated rings. The second kappa shape index (κ2) is 6.70. The summed E-state index contributed by atoms with van der Waals surface area (Å²) < 4.78 is 0. The quantitative estimate of drug-likeness (QED) is 0.655. The lowest BCUT2D eigenvalue weighted by molar-refractivity contribution is 0.429. The number of hydrogen-bond donors (Lipinski definition) is 1. The maximum atomic E-state index is 4.60. The molecule has 0 spiro atoms. The van der Waals surface area contributed by atoms with Crippen LogP contribution in [0.2, 0.25) is 0 Å². The summed E-state index contributed by atoms with van der Waals surface area (Å²) in [5, 5.41) is 4.39. The van der Waals surface area contributed by atoms with Gasteiger partial charge in [0, 0.05) is 13.1 Å². The van der Waals surface area contributed by atoms with E-state index in [-0.39, 0.29) is 5.41 Å². The van der Waals surface area contributed by atoms with Gasteiger partial charge in [-0.15, -0.1) is 0 Å². The number of aliphatic imine (C=N–C) groups is 1. The van der Waals surface area contributed by atoms with Crippen LogP contribution in [-0.2, 0) is 6.54 Å². The molecule has 17 heavy (non-hydrogen) atoms. The normalized spacial score (nSPS) is 12.6. The van der Waals surface area contributed by atoms with Gasteiger partial charge in [-0.25, -0.2) is 0 Å². The van der Waals surface area contributed by atoms with E-state index in [0.717, 1.165) is 18.3 Å². The molecule has 3 heteroatoms. The highest BCUT2D eigenvalue weighted by atomic mass is 32.2. The summed E-state index contributed by atoms with van der Waals surface area (Å²) >= 11 is 1.67. The molecule has 0 amide bonds. The molecule has 2 nitrogen and oxygen atoms in total. The van der Waals surface area contributed by atoms with Crippen molar-refractivity contribution in [3.8, 4) is 0 Å². The van der Waals surface area contributed by atoms with E-state index in [1.807, 2.05) is 6.07 Å². The minimum atomic E-state index is 0.245. The molecular formula is C14H22N2S. The molecule has 0 radical (unpaired) electrons. The average molecular weight is 250 g/mol. The fourth-order valence-electron chi connectivity index (χ4n) is 1.28. The minimum Gasteiger partial charge on any atom is -0.361 e. The molecule has 0 unspecified atom stereocenters. The van der Waals surface area contributed by atoms with Gasteiger partial charge in [0.1, 0.15) is 0 Å². The first-order valence-corrected chi connectivity index (χ1v) is 7.10. The number of hydrogen-bond acceptors (Lipinski definition) is 2. The highest BCUT2D eigenvalue weighted by molar-refractivity contribution is 8.13. The van der Waals surface area contributed by atoms with E-state index in [2.05, 4.69) is 61.6 Å². The van der Waals surface area contributed by atoms with E-state index < -0.39 is 0 Å². The molecule has 1 aromatic rings. The summed E-state index contributed by atoms with van der Waals surface area (Å²) in [4.78, 5) is 4.60. The minimum absolute atomic E-state index is 0.245. The second-order valence-electron chi connectivity index (χ2n) is 5.23. The summed E-state index contributed by atoms with van der Waals surface area (Å²) in [5.41, 5.74) is 1.53. The van der Waals surface area contributed by atoms with Crippen LogP contribution >= 0.6 is 11.8 Å². The SMILES string of the molecule is CS/C(=N\CC(C)(C)C)NCc1ccccc1. The van der Waals surface area contributed by atoms with Crippen molar-refractivity contribution in [2.45, 2.75) is 27.3 Å². The van der Waals surface area contributed by atoms with Crippen LogP contribution in [0.3, 0.4) is 0 Å². The van der Waals surface area contributed by atoms with E-state index in [4.69, 9.17) is 0 Å². The molecule has 0 saturated carbocycles. The van der Waals surface area contributed by atoms with Gasteiger partial charge < -0.3 is 5.32 Å². The third-order valence-corrected chi connectivity index (χ3v) is 2.84. The maximum absolute atomic E-state index is 4.60. The fraction of sp³-hybridized carbons (Fsp3) is 0.500. The molecule has 0 aliphatic rings. The Kier molecular flexibility index (Phi) is 5.56. The van der Waals surface area contributed by atoms with Gasteiger partial charge in [0.15, 0.2) is 5.17 Å². The van der Waals surface area contributed by atoms with Crippen molar-refractivity contribution in [1.82, 2.24) is 5.32 Å². The predicted octanol–water partition coefficient (Wildman–Crippen LogP) is 3.54. The Morgan fingerprint density at radius 2 is 1.88 bits per heavy atom. The summed E-state index contributed by atoms with van der Waals surface area (Å²) in [6, 6.07) is 10.4. The van der Waals surface area contributed by atoms with Crippen LogP contribution in [0.25, 0.3) is 0 Å². The van der Waals surface area contributed by atoms with Gasteiger partial charge in [-0.3, -0.25) is 4.99 Å². The molecule has 1 N–H and O–H groups in total. The van der Waals surface area contributed by atoms with Crippen molar-refractivity contribution < 1.29 is 0 Å². The summed E-state index contributed by atoms with van der Waals surface area (Å²) in [6.07, 6.45) is 2.06. The van der Waals surface area contributed by atoms with Crippen LogP contribution in [0.1, 0.15) is 26.3 Å². The Hall–Kier alpha value is -0.960. The predicted molar refractivity (Wildman–Crippen MR) is 78.6 cm³/mol. The van der Waals surface area contributed by atoms with Crippen molar-refractivity contribution in [1.29, 1.82) is 0 Å². The first kappa shape index (κ1) is 14.1. The third kappa shape index (κ3) is 6.37. The third-order valence-electron chi connectivity index (χ3n) is 2.18. The zero-order valence-corrected chi connectivity index (χ0v) is 12.0. The van der Waals surface area contributed by atoms with Crippen LogP contribution in [-0.4, -0.2) is 18.0 Å². The van der Waals surface area contributed by atoms with Gasteiger partial charge in [-0.05, 0) is 17.2 Å². The van der Waals surface area contributed by atoms with Gasteiger partial charge in [0.2, 0.25) is 0 Å². The largest absolute Gasteiger partial charge is 0.361 e. The molecule has 1 aromatic carbocycles. The molecule has 0 heterocycles. The first-order chi connectivity index (χ1) is 8.01. The average Bonchev–Trinajstić information content (AvgIpc) is 2.29. The van der Waals surface area contributed by atoms with Crippen LogP contribution in [0.4, 0.5) is 0 Å². The molecule has 0 aromatic heterocycles. The van der Waals surface area contributed by atoms with Crippen molar-refractivity contribution in [2.24, 2.45) is 10.4 Å². The Bertz CT molecular complexity index is 352. The van der Waals surface area contributed by atoms with Crippen LogP contribution in [0.5, 0.6) is 0 Å². The number of amidine groups is 1. The fourth-order valence-corrected chi connectivity index (χ4v) is 1.69. The molecule has 0 aliphatic heterocycles.